The Bertz CT molecular complexity index is 784. The van der Waals surface area contributed by atoms with E-state index in [0.29, 0.717) is 10.7 Å². The van der Waals surface area contributed by atoms with Crippen LogP contribution in [0.1, 0.15) is 27.6 Å². The van der Waals surface area contributed by atoms with Gasteiger partial charge in [-0.25, -0.2) is 4.79 Å². The number of carboxylic acid groups (broad SMARTS) is 1. The molecule has 1 rings (SSSR count). The number of carbonyl (C=O) groups excluding carboxylic acids is 3. The van der Waals surface area contributed by atoms with Crippen LogP contribution in [0.5, 0.6) is 0 Å². The molecule has 0 heterocycles. The zero-order chi connectivity index (χ0) is 20.2. The van der Waals surface area contributed by atoms with Gasteiger partial charge in [0.2, 0.25) is 5.91 Å². The highest BCUT2D eigenvalue weighted by atomic mass is 127. The average molecular weight is 701 g/mol. The molecule has 0 fully saturated rings. The summed E-state index contributed by atoms with van der Waals surface area (Å²) >= 11 is 5.56. The van der Waals surface area contributed by atoms with Gasteiger partial charge in [-0.15, -0.1) is 0 Å². The molecule has 0 aromatic heterocycles. The molecule has 1 aromatic carbocycles. The van der Waals surface area contributed by atoms with Crippen molar-refractivity contribution in [1.29, 1.82) is 0 Å². The summed E-state index contributed by atoms with van der Waals surface area (Å²) in [7, 11) is 1.43. The van der Waals surface area contributed by atoms with E-state index >= 15 is 0 Å². The van der Waals surface area contributed by atoms with Crippen molar-refractivity contribution in [3.05, 3.63) is 21.8 Å². The maximum atomic E-state index is 12.6. The molecule has 0 saturated heterocycles. The lowest BCUT2D eigenvalue weighted by Crippen LogP contribution is -2.44. The molecule has 26 heavy (non-hydrogen) atoms. The van der Waals surface area contributed by atoms with Gasteiger partial charge in [-0.3, -0.25) is 14.4 Å². The zero-order valence-electron chi connectivity index (χ0n) is 13.4. The van der Waals surface area contributed by atoms with Crippen LogP contribution in [-0.2, 0) is 9.59 Å². The Morgan fingerprint density at radius 2 is 1.50 bits per heavy atom. The molecule has 0 radical (unpaired) electrons. The maximum Gasteiger partial charge on any atom is 0.328 e. The lowest BCUT2D eigenvalue weighted by atomic mass is 10.1. The monoisotopic (exact) mass is 701 g/mol. The number of halogens is 3. The number of hydrogen-bond donors (Lipinski definition) is 5. The molecule has 0 bridgehead atoms. The van der Waals surface area contributed by atoms with Crippen molar-refractivity contribution in [2.24, 2.45) is 0 Å². The van der Waals surface area contributed by atoms with Crippen LogP contribution in [0.2, 0.25) is 0 Å². The van der Waals surface area contributed by atoms with Gasteiger partial charge in [0, 0.05) is 17.5 Å². The molecule has 142 valence electrons. The number of benzene rings is 1. The molecule has 0 spiro atoms. The summed E-state index contributed by atoms with van der Waals surface area (Å²) in [4.78, 5) is 47.5. The predicted octanol–water partition coefficient (Wildman–Crippen LogP) is 0.994. The van der Waals surface area contributed by atoms with Crippen LogP contribution in [0.25, 0.3) is 0 Å². The summed E-state index contributed by atoms with van der Waals surface area (Å²) in [5, 5.41) is 25.4. The van der Waals surface area contributed by atoms with E-state index in [1.165, 1.54) is 14.0 Å². The van der Waals surface area contributed by atoms with Gasteiger partial charge in [-0.05, 0) is 67.8 Å². The lowest BCUT2D eigenvalue weighted by Gasteiger charge is -2.20. The summed E-state index contributed by atoms with van der Waals surface area (Å²) < 4.78 is 1.09. The normalized spacial score (nSPS) is 11.5. The molecule has 1 atom stereocenters. The molecular weight excluding hydrogens is 687 g/mol. The summed E-state index contributed by atoms with van der Waals surface area (Å²) in [5.74, 6) is -3.04. The molecule has 12 heteroatoms. The van der Waals surface area contributed by atoms with E-state index < -0.39 is 36.3 Å². The molecular formula is C14H14I3N3O6. The van der Waals surface area contributed by atoms with Gasteiger partial charge in [-0.1, -0.05) is 0 Å². The first-order valence-electron chi connectivity index (χ1n) is 6.91. The third-order valence-corrected chi connectivity index (χ3v) is 6.32. The van der Waals surface area contributed by atoms with E-state index in [1.807, 2.05) is 67.8 Å². The number of anilines is 1. The van der Waals surface area contributed by atoms with Crippen molar-refractivity contribution in [3.8, 4) is 0 Å². The number of aliphatic carboxylic acids is 1. The zero-order valence-corrected chi connectivity index (χ0v) is 19.9. The minimum absolute atomic E-state index is 0.0358. The number of nitrogens with one attached hydrogen (secondary N) is 3. The van der Waals surface area contributed by atoms with E-state index in [1.54, 1.807) is 0 Å². The van der Waals surface area contributed by atoms with Crippen LogP contribution in [0.15, 0.2) is 0 Å². The molecule has 0 aliphatic carbocycles. The first kappa shape index (κ1) is 23.3. The van der Waals surface area contributed by atoms with Crippen LogP contribution in [0.3, 0.4) is 0 Å². The molecule has 9 nitrogen and oxygen atoms in total. The largest absolute Gasteiger partial charge is 0.480 e. The molecule has 5 N–H and O–H groups in total. The van der Waals surface area contributed by atoms with E-state index in [9.17, 15) is 19.2 Å². The standard InChI is InChI=1S/C14H14I3N3O6/c1-4(22)19-11-9(16)6(12(23)18-2)8(15)7(10(11)17)13(24)20-5(3-21)14(25)26/h5,21H,3H2,1-2H3,(H,18,23)(H,19,22)(H,20,24)(H,25,26)/t5-/m0/s1. The third-order valence-electron chi connectivity index (χ3n) is 3.09. The van der Waals surface area contributed by atoms with E-state index in [-0.39, 0.29) is 16.8 Å². The fraction of sp³-hybridized carbons (Fsp3) is 0.286. The summed E-state index contributed by atoms with van der Waals surface area (Å²) in [6.07, 6.45) is 0. The second-order valence-corrected chi connectivity index (χ2v) is 8.11. The van der Waals surface area contributed by atoms with Gasteiger partial charge in [0.15, 0.2) is 6.04 Å². The quantitative estimate of drug-likeness (QED) is 0.280. The SMILES string of the molecule is CNC(=O)c1c(I)c(NC(C)=O)c(I)c(C(=O)N[C@@H](CO)C(=O)O)c1I. The van der Waals surface area contributed by atoms with Crippen molar-refractivity contribution in [2.75, 3.05) is 19.0 Å². The van der Waals surface area contributed by atoms with Crippen molar-refractivity contribution in [1.82, 2.24) is 10.6 Å². The Kier molecular flexibility index (Phi) is 8.94. The number of hydrogen-bond acceptors (Lipinski definition) is 5. The Balaban J connectivity index is 3.64. The summed E-state index contributed by atoms with van der Waals surface area (Å²) in [6, 6.07) is -1.50. The minimum atomic E-state index is -1.50. The Morgan fingerprint density at radius 3 is 1.88 bits per heavy atom. The minimum Gasteiger partial charge on any atom is -0.480 e. The summed E-state index contributed by atoms with van der Waals surface area (Å²) in [5.41, 5.74) is 0.492. The fourth-order valence-corrected chi connectivity index (χ4v) is 6.31. The van der Waals surface area contributed by atoms with E-state index in [2.05, 4.69) is 16.0 Å². The van der Waals surface area contributed by atoms with Crippen molar-refractivity contribution in [3.63, 3.8) is 0 Å². The second kappa shape index (κ2) is 9.98. The van der Waals surface area contributed by atoms with Crippen LogP contribution in [-0.4, -0.2) is 53.6 Å². The number of carbonyl (C=O) groups is 4. The topological polar surface area (TPSA) is 145 Å². The summed E-state index contributed by atoms with van der Waals surface area (Å²) in [6.45, 7) is 0.495. The highest BCUT2D eigenvalue weighted by molar-refractivity contribution is 14.1. The highest BCUT2D eigenvalue weighted by Gasteiger charge is 2.29. The first-order chi connectivity index (χ1) is 12.1. The molecule has 0 saturated carbocycles. The van der Waals surface area contributed by atoms with Crippen LogP contribution >= 0.6 is 67.8 Å². The van der Waals surface area contributed by atoms with Crippen LogP contribution < -0.4 is 16.0 Å². The Hall–Kier alpha value is -0.750. The molecule has 1 aromatic rings. The third kappa shape index (κ3) is 5.16. The number of rotatable bonds is 6. The molecule has 0 aliphatic heterocycles. The Labute approximate surface area is 189 Å². The molecule has 0 unspecified atom stereocenters. The van der Waals surface area contributed by atoms with Crippen molar-refractivity contribution >= 4 is 97.2 Å². The fourth-order valence-electron chi connectivity index (χ4n) is 1.89. The van der Waals surface area contributed by atoms with Gasteiger partial charge in [0.1, 0.15) is 0 Å². The van der Waals surface area contributed by atoms with Gasteiger partial charge < -0.3 is 26.2 Å². The first-order valence-corrected chi connectivity index (χ1v) is 10.1. The molecule has 3 amide bonds. The lowest BCUT2D eigenvalue weighted by molar-refractivity contribution is -0.140. The van der Waals surface area contributed by atoms with Gasteiger partial charge >= 0.3 is 5.97 Å². The number of amides is 3. The van der Waals surface area contributed by atoms with Crippen molar-refractivity contribution < 1.29 is 29.4 Å². The van der Waals surface area contributed by atoms with Gasteiger partial charge in [0.05, 0.1) is 30.6 Å². The number of aliphatic hydroxyl groups excluding tert-OH is 1. The predicted molar refractivity (Wildman–Crippen MR) is 118 cm³/mol. The second-order valence-electron chi connectivity index (χ2n) is 4.87. The van der Waals surface area contributed by atoms with E-state index in [0.717, 1.165) is 0 Å². The highest BCUT2D eigenvalue weighted by Crippen LogP contribution is 2.35. The van der Waals surface area contributed by atoms with Crippen LogP contribution in [0.4, 0.5) is 5.69 Å². The molecule has 0 aliphatic rings. The van der Waals surface area contributed by atoms with E-state index in [4.69, 9.17) is 10.2 Å². The number of carboxylic acids is 1. The van der Waals surface area contributed by atoms with Crippen LogP contribution in [0, 0.1) is 10.7 Å². The average Bonchev–Trinajstić information content (AvgIpc) is 2.55. The van der Waals surface area contributed by atoms with Crippen molar-refractivity contribution in [2.45, 2.75) is 13.0 Å². The maximum absolute atomic E-state index is 12.6. The van der Waals surface area contributed by atoms with Gasteiger partial charge in [0.25, 0.3) is 11.8 Å². The van der Waals surface area contributed by atoms with Gasteiger partial charge in [-0.2, -0.15) is 0 Å². The number of aliphatic hydroxyl groups is 1. The smallest absolute Gasteiger partial charge is 0.328 e. The Morgan fingerprint density at radius 1 is 1.00 bits per heavy atom.